The van der Waals surface area contributed by atoms with E-state index in [0.29, 0.717) is 5.92 Å². The van der Waals surface area contributed by atoms with Gasteiger partial charge >= 0.3 is 0 Å². The van der Waals surface area contributed by atoms with Gasteiger partial charge in [-0.05, 0) is 63.2 Å². The molecule has 3 fully saturated rings. The lowest BCUT2D eigenvalue weighted by Crippen LogP contribution is -2.57. The van der Waals surface area contributed by atoms with Crippen LogP contribution in [0.1, 0.15) is 31.2 Å². The zero-order chi connectivity index (χ0) is 16.5. The van der Waals surface area contributed by atoms with E-state index in [0.717, 1.165) is 55.9 Å². The minimum atomic E-state index is 0.279. The Kier molecular flexibility index (Phi) is 4.35. The topological polar surface area (TPSA) is 44.8 Å². The van der Waals surface area contributed by atoms with Crippen LogP contribution >= 0.6 is 0 Å². The number of carbonyl (C=O) groups excluding carboxylic acids is 1. The molecule has 4 heterocycles. The Bertz CT molecular complexity index is 611. The third-order valence-corrected chi connectivity index (χ3v) is 5.95. The first kappa shape index (κ1) is 15.8. The zero-order valence-corrected chi connectivity index (χ0v) is 14.5. The molecule has 0 saturated carbocycles. The van der Waals surface area contributed by atoms with E-state index < -0.39 is 0 Å². The van der Waals surface area contributed by atoms with Crippen molar-refractivity contribution >= 4 is 17.8 Å². The first-order valence-electron chi connectivity index (χ1n) is 9.24. The fourth-order valence-electron chi connectivity index (χ4n) is 4.60. The van der Waals surface area contributed by atoms with Gasteiger partial charge in [0, 0.05) is 24.8 Å². The molecule has 0 spiro atoms. The normalized spacial score (nSPS) is 28.5. The summed E-state index contributed by atoms with van der Waals surface area (Å²) in [5.41, 5.74) is 3.30. The van der Waals surface area contributed by atoms with E-state index >= 15 is 0 Å². The number of nitrogens with one attached hydrogen (secondary N) is 1. The molecule has 1 amide bonds. The van der Waals surface area contributed by atoms with Crippen LogP contribution in [0.25, 0.3) is 0 Å². The molecule has 1 aromatic carbocycles. The largest absolute Gasteiger partial charge is 0.491 e. The predicted molar refractivity (Wildman–Crippen MR) is 95.9 cm³/mol. The smallest absolute Gasteiger partial charge is 0.214 e. The van der Waals surface area contributed by atoms with Gasteiger partial charge in [-0.1, -0.05) is 0 Å². The predicted octanol–water partition coefficient (Wildman–Crippen LogP) is 2.50. The van der Waals surface area contributed by atoms with Gasteiger partial charge in [-0.15, -0.1) is 0 Å². The highest BCUT2D eigenvalue weighted by atomic mass is 16.5. The molecule has 1 aromatic rings. The first-order valence-corrected chi connectivity index (χ1v) is 9.24. The van der Waals surface area contributed by atoms with Crippen LogP contribution in [0.15, 0.2) is 12.1 Å². The summed E-state index contributed by atoms with van der Waals surface area (Å²) in [7, 11) is 1.95. The number of hydrogen-bond acceptors (Lipinski definition) is 4. The number of anilines is 2. The lowest BCUT2D eigenvalue weighted by atomic mass is 9.83. The number of hydrogen-bond donors (Lipinski definition) is 1. The van der Waals surface area contributed by atoms with Gasteiger partial charge in [0.25, 0.3) is 0 Å². The minimum Gasteiger partial charge on any atom is -0.491 e. The average Bonchev–Trinajstić information content (AvgIpc) is 2.90. The molecule has 24 heavy (non-hydrogen) atoms. The van der Waals surface area contributed by atoms with Crippen molar-refractivity contribution in [3.05, 3.63) is 17.7 Å². The maximum atomic E-state index is 12.0. The van der Waals surface area contributed by atoms with Crippen LogP contribution in [-0.2, 0) is 11.2 Å². The molecule has 2 bridgehead atoms. The third kappa shape index (κ3) is 2.65. The summed E-state index contributed by atoms with van der Waals surface area (Å²) in [5.74, 6) is 1.54. The van der Waals surface area contributed by atoms with Crippen LogP contribution in [0.2, 0.25) is 0 Å². The summed E-state index contributed by atoms with van der Waals surface area (Å²) >= 11 is 0. The van der Waals surface area contributed by atoms with Gasteiger partial charge in [0.05, 0.1) is 18.3 Å². The lowest BCUT2D eigenvalue weighted by molar-refractivity contribution is -0.108. The maximum Gasteiger partial charge on any atom is 0.214 e. The maximum absolute atomic E-state index is 12.0. The van der Waals surface area contributed by atoms with Crippen molar-refractivity contribution in [1.82, 2.24) is 4.90 Å². The number of rotatable bonds is 4. The first-order chi connectivity index (χ1) is 11.8. The molecule has 4 aliphatic heterocycles. The summed E-state index contributed by atoms with van der Waals surface area (Å²) in [5, 5.41) is 3.28. The van der Waals surface area contributed by atoms with E-state index in [1.165, 1.54) is 31.5 Å². The fraction of sp³-hybridized carbons (Fsp3) is 0.632. The molecular weight excluding hydrogens is 302 g/mol. The number of carbonyl (C=O) groups is 1. The monoisotopic (exact) mass is 329 g/mol. The second-order valence-electron chi connectivity index (χ2n) is 7.21. The second kappa shape index (κ2) is 6.63. The van der Waals surface area contributed by atoms with Crippen LogP contribution in [-0.4, -0.2) is 50.6 Å². The van der Waals surface area contributed by atoms with Crippen molar-refractivity contribution in [2.45, 2.75) is 38.1 Å². The van der Waals surface area contributed by atoms with Crippen LogP contribution in [0.4, 0.5) is 11.4 Å². The zero-order valence-electron chi connectivity index (χ0n) is 14.5. The molecule has 5 rings (SSSR count). The molecule has 1 unspecified atom stereocenters. The van der Waals surface area contributed by atoms with E-state index in [1.54, 1.807) is 0 Å². The van der Waals surface area contributed by atoms with E-state index in [-0.39, 0.29) is 6.04 Å². The van der Waals surface area contributed by atoms with Gasteiger partial charge in [-0.3, -0.25) is 4.79 Å². The molecule has 1 N–H and O–H groups in total. The minimum absolute atomic E-state index is 0.279. The van der Waals surface area contributed by atoms with Crippen molar-refractivity contribution in [3.63, 3.8) is 0 Å². The number of piperidine rings is 3. The van der Waals surface area contributed by atoms with E-state index in [9.17, 15) is 4.79 Å². The summed E-state index contributed by atoms with van der Waals surface area (Å²) in [6.45, 7) is 4.09. The Morgan fingerprint density at radius 1 is 1.29 bits per heavy atom. The Morgan fingerprint density at radius 3 is 2.79 bits per heavy atom. The van der Waals surface area contributed by atoms with Gasteiger partial charge in [0.15, 0.2) is 0 Å². The van der Waals surface area contributed by atoms with Crippen molar-refractivity contribution in [3.8, 4) is 5.75 Å². The molecule has 130 valence electrons. The Balaban J connectivity index is 1.73. The van der Waals surface area contributed by atoms with Crippen molar-refractivity contribution in [2.24, 2.45) is 5.92 Å². The van der Waals surface area contributed by atoms with Crippen molar-refractivity contribution in [2.75, 3.05) is 43.5 Å². The highest BCUT2D eigenvalue weighted by Gasteiger charge is 2.38. The standard InChI is InChI=1S/C19H27N3O2/c1-20-16-5-6-17(19-15(16)4-2-3-11-24-19)22(13-23)18-12-21-9-7-14(18)8-10-21/h5-6,13-14,18,20H,2-4,7-12H2,1H3. The number of amides is 1. The van der Waals surface area contributed by atoms with Gasteiger partial charge in [0.2, 0.25) is 6.41 Å². The quantitative estimate of drug-likeness (QED) is 0.862. The molecule has 3 saturated heterocycles. The van der Waals surface area contributed by atoms with E-state index in [2.05, 4.69) is 22.3 Å². The molecule has 5 nitrogen and oxygen atoms in total. The summed E-state index contributed by atoms with van der Waals surface area (Å²) < 4.78 is 6.12. The Hall–Kier alpha value is -1.75. The number of fused-ring (bicyclic) bond motifs is 4. The van der Waals surface area contributed by atoms with E-state index in [1.807, 2.05) is 11.9 Å². The molecule has 5 heteroatoms. The van der Waals surface area contributed by atoms with Gasteiger partial charge < -0.3 is 19.9 Å². The van der Waals surface area contributed by atoms with Crippen LogP contribution in [0.5, 0.6) is 5.75 Å². The highest BCUT2D eigenvalue weighted by Crippen LogP contribution is 2.42. The third-order valence-electron chi connectivity index (χ3n) is 5.95. The molecule has 0 radical (unpaired) electrons. The molecule has 0 aromatic heterocycles. The highest BCUT2D eigenvalue weighted by molar-refractivity contribution is 5.83. The average molecular weight is 329 g/mol. The van der Waals surface area contributed by atoms with Gasteiger partial charge in [0.1, 0.15) is 5.75 Å². The SMILES string of the molecule is CNc1ccc(N(C=O)C2CN3CCC2CC3)c2c1CCCCO2. The van der Waals surface area contributed by atoms with Gasteiger partial charge in [-0.2, -0.15) is 0 Å². The number of nitrogens with zero attached hydrogens (tertiary/aromatic N) is 2. The summed E-state index contributed by atoms with van der Waals surface area (Å²) in [6.07, 6.45) is 6.63. The summed E-state index contributed by atoms with van der Waals surface area (Å²) in [4.78, 5) is 16.5. The molecule has 0 aliphatic carbocycles. The van der Waals surface area contributed by atoms with Gasteiger partial charge in [-0.25, -0.2) is 0 Å². The van der Waals surface area contributed by atoms with Crippen LogP contribution < -0.4 is 15.0 Å². The number of ether oxygens (including phenoxy) is 1. The van der Waals surface area contributed by atoms with Crippen molar-refractivity contribution < 1.29 is 9.53 Å². The Labute approximate surface area is 144 Å². The van der Waals surface area contributed by atoms with Crippen LogP contribution in [0.3, 0.4) is 0 Å². The fourth-order valence-corrected chi connectivity index (χ4v) is 4.60. The molecular formula is C19H27N3O2. The second-order valence-corrected chi connectivity index (χ2v) is 7.21. The molecule has 1 atom stereocenters. The number of benzene rings is 1. The van der Waals surface area contributed by atoms with Crippen molar-refractivity contribution in [1.29, 1.82) is 0 Å². The molecule has 4 aliphatic rings. The Morgan fingerprint density at radius 2 is 2.12 bits per heavy atom. The van der Waals surface area contributed by atoms with E-state index in [4.69, 9.17) is 4.74 Å². The lowest BCUT2D eigenvalue weighted by Gasteiger charge is -2.48. The van der Waals surface area contributed by atoms with Crippen LogP contribution in [0, 0.1) is 5.92 Å². The summed E-state index contributed by atoms with van der Waals surface area (Å²) in [6, 6.07) is 4.43.